The van der Waals surface area contributed by atoms with Crippen LogP contribution in [0.1, 0.15) is 21.5 Å². The van der Waals surface area contributed by atoms with Crippen molar-refractivity contribution in [3.05, 3.63) is 101 Å². The van der Waals surface area contributed by atoms with E-state index in [1.165, 1.54) is 16.7 Å². The number of para-hydroxylation sites is 2. The summed E-state index contributed by atoms with van der Waals surface area (Å²) in [5.74, 6) is 0.839. The highest BCUT2D eigenvalue weighted by Crippen LogP contribution is 2.32. The first kappa shape index (κ1) is 21.1. The Labute approximate surface area is 196 Å². The van der Waals surface area contributed by atoms with Crippen LogP contribution in [-0.4, -0.2) is 22.9 Å². The smallest absolute Gasteiger partial charge is 0.251 e. The van der Waals surface area contributed by atoms with Gasteiger partial charge in [-0.15, -0.1) is 11.3 Å². The van der Waals surface area contributed by atoms with Crippen LogP contribution in [0.25, 0.3) is 32.9 Å². The molecule has 0 radical (unpaired) electrons. The summed E-state index contributed by atoms with van der Waals surface area (Å²) in [5.41, 5.74) is 7.39. The highest BCUT2D eigenvalue weighted by Gasteiger charge is 2.10. The van der Waals surface area contributed by atoms with E-state index in [2.05, 4.69) is 51.3 Å². The molecule has 2 aromatic heterocycles. The van der Waals surface area contributed by atoms with Gasteiger partial charge in [0.05, 0.1) is 15.9 Å². The number of carbonyl (C=O) groups excluding carboxylic acids is 1. The maximum absolute atomic E-state index is 11.8. The molecule has 0 atom stereocenters. The Morgan fingerprint density at radius 2 is 1.70 bits per heavy atom. The molecule has 3 aromatic carbocycles. The minimum absolute atomic E-state index is 0.0673. The van der Waals surface area contributed by atoms with Gasteiger partial charge in [-0.1, -0.05) is 42.5 Å². The van der Waals surface area contributed by atoms with E-state index in [-0.39, 0.29) is 5.91 Å². The topological polar surface area (TPSA) is 69.8 Å². The van der Waals surface area contributed by atoms with Crippen molar-refractivity contribution in [1.29, 1.82) is 0 Å². The summed E-state index contributed by atoms with van der Waals surface area (Å²) in [6.07, 6.45) is 0. The number of nitrogens with one attached hydrogen (secondary N) is 3. The van der Waals surface area contributed by atoms with Crippen molar-refractivity contribution in [2.75, 3.05) is 7.05 Å². The fourth-order valence-corrected chi connectivity index (χ4v) is 4.72. The van der Waals surface area contributed by atoms with E-state index < -0.39 is 0 Å². The van der Waals surface area contributed by atoms with Crippen LogP contribution in [0.15, 0.2) is 84.2 Å². The molecule has 5 aromatic rings. The molecule has 5 nitrogen and oxygen atoms in total. The van der Waals surface area contributed by atoms with Gasteiger partial charge >= 0.3 is 0 Å². The van der Waals surface area contributed by atoms with Crippen molar-refractivity contribution in [3.8, 4) is 21.8 Å². The van der Waals surface area contributed by atoms with E-state index in [9.17, 15) is 4.79 Å². The molecule has 0 saturated heterocycles. The molecule has 0 saturated carbocycles. The Hall–Kier alpha value is -3.74. The number of H-pyrrole nitrogens is 1. The minimum atomic E-state index is -0.0673. The number of aromatic nitrogens is 2. The largest absolute Gasteiger partial charge is 0.355 e. The fourth-order valence-electron chi connectivity index (χ4n) is 3.86. The zero-order valence-electron chi connectivity index (χ0n) is 18.3. The Morgan fingerprint density at radius 3 is 2.52 bits per heavy atom. The summed E-state index contributed by atoms with van der Waals surface area (Å²) >= 11 is 1.70. The lowest BCUT2D eigenvalue weighted by molar-refractivity contribution is 0.0963. The van der Waals surface area contributed by atoms with Gasteiger partial charge in [0.25, 0.3) is 5.91 Å². The molecular formula is C27H24N4OS. The van der Waals surface area contributed by atoms with E-state index in [0.717, 1.165) is 33.8 Å². The van der Waals surface area contributed by atoms with Gasteiger partial charge in [0, 0.05) is 25.7 Å². The van der Waals surface area contributed by atoms with Gasteiger partial charge < -0.3 is 15.6 Å². The maximum Gasteiger partial charge on any atom is 0.251 e. The third-order valence-electron chi connectivity index (χ3n) is 5.56. The average Bonchev–Trinajstić information content (AvgIpc) is 3.51. The van der Waals surface area contributed by atoms with Gasteiger partial charge in [0.1, 0.15) is 5.82 Å². The molecule has 3 N–H and O–H groups in total. The Kier molecular flexibility index (Phi) is 6.02. The van der Waals surface area contributed by atoms with Crippen LogP contribution in [0.2, 0.25) is 0 Å². The molecule has 0 spiro atoms. The van der Waals surface area contributed by atoms with Gasteiger partial charge in [-0.2, -0.15) is 0 Å². The number of benzene rings is 3. The number of rotatable bonds is 7. The second-order valence-electron chi connectivity index (χ2n) is 7.89. The Balaban J connectivity index is 1.27. The predicted octanol–water partition coefficient (Wildman–Crippen LogP) is 5.61. The highest BCUT2D eigenvalue weighted by molar-refractivity contribution is 7.13. The summed E-state index contributed by atoms with van der Waals surface area (Å²) in [6, 6.07) is 26.6. The summed E-state index contributed by atoms with van der Waals surface area (Å²) in [6.45, 7) is 1.45. The molecule has 0 aliphatic carbocycles. The van der Waals surface area contributed by atoms with Crippen molar-refractivity contribution in [2.45, 2.75) is 13.1 Å². The van der Waals surface area contributed by atoms with E-state index in [0.29, 0.717) is 12.1 Å². The van der Waals surface area contributed by atoms with E-state index in [1.54, 1.807) is 18.4 Å². The lowest BCUT2D eigenvalue weighted by Gasteiger charge is -2.08. The highest BCUT2D eigenvalue weighted by atomic mass is 32.1. The van der Waals surface area contributed by atoms with Crippen molar-refractivity contribution in [3.63, 3.8) is 0 Å². The summed E-state index contributed by atoms with van der Waals surface area (Å²) < 4.78 is 0. The monoisotopic (exact) mass is 452 g/mol. The zero-order valence-corrected chi connectivity index (χ0v) is 19.1. The van der Waals surface area contributed by atoms with Crippen LogP contribution in [0, 0.1) is 0 Å². The maximum atomic E-state index is 11.8. The van der Waals surface area contributed by atoms with E-state index >= 15 is 0 Å². The van der Waals surface area contributed by atoms with E-state index in [1.807, 2.05) is 48.5 Å². The minimum Gasteiger partial charge on any atom is -0.355 e. The molecule has 0 bridgehead atoms. The van der Waals surface area contributed by atoms with Gasteiger partial charge in [-0.25, -0.2) is 4.98 Å². The zero-order chi connectivity index (χ0) is 22.6. The SMILES string of the molecule is CNC(=O)c1cccc(CNCc2cccc(-c3csc(-c4nc5ccccc5[nH]4)c3)c2)c1. The Morgan fingerprint density at radius 1 is 0.909 bits per heavy atom. The molecule has 0 unspecified atom stereocenters. The number of nitrogens with zero attached hydrogens (tertiary/aromatic N) is 1. The predicted molar refractivity (Wildman–Crippen MR) is 135 cm³/mol. The van der Waals surface area contributed by atoms with Crippen molar-refractivity contribution in [2.24, 2.45) is 0 Å². The second-order valence-corrected chi connectivity index (χ2v) is 8.80. The molecule has 1 amide bonds. The van der Waals surface area contributed by atoms with Crippen molar-refractivity contribution in [1.82, 2.24) is 20.6 Å². The average molecular weight is 453 g/mol. The van der Waals surface area contributed by atoms with E-state index in [4.69, 9.17) is 4.98 Å². The first-order chi connectivity index (χ1) is 16.2. The number of carbonyl (C=O) groups is 1. The molecule has 2 heterocycles. The van der Waals surface area contributed by atoms with Crippen LogP contribution in [0.4, 0.5) is 0 Å². The van der Waals surface area contributed by atoms with Crippen LogP contribution in [-0.2, 0) is 13.1 Å². The van der Waals surface area contributed by atoms with Crippen LogP contribution < -0.4 is 10.6 Å². The quantitative estimate of drug-likeness (QED) is 0.301. The van der Waals surface area contributed by atoms with Gasteiger partial charge in [0.2, 0.25) is 0 Å². The first-order valence-corrected chi connectivity index (χ1v) is 11.7. The number of fused-ring (bicyclic) bond motifs is 1. The standard InChI is InChI=1S/C27H24N4OS/c1-28-27(32)21-9-5-7-19(13-21)16-29-15-18-6-4-8-20(12-18)22-14-25(33-17-22)26-30-23-10-2-3-11-24(23)31-26/h2-14,17,29H,15-16H2,1H3,(H,28,32)(H,30,31). The number of hydrogen-bond donors (Lipinski definition) is 3. The molecule has 6 heteroatoms. The van der Waals surface area contributed by atoms with Crippen LogP contribution in [0.5, 0.6) is 0 Å². The van der Waals surface area contributed by atoms with Crippen molar-refractivity contribution < 1.29 is 4.79 Å². The number of amides is 1. The third-order valence-corrected chi connectivity index (χ3v) is 6.49. The van der Waals surface area contributed by atoms with Gasteiger partial charge in [-0.05, 0) is 64.0 Å². The molecule has 33 heavy (non-hydrogen) atoms. The summed E-state index contributed by atoms with van der Waals surface area (Å²) in [4.78, 5) is 21.1. The summed E-state index contributed by atoms with van der Waals surface area (Å²) in [5, 5.41) is 8.33. The molecule has 5 rings (SSSR count). The lowest BCUT2D eigenvalue weighted by Crippen LogP contribution is -2.18. The molecular weight excluding hydrogens is 428 g/mol. The Bertz CT molecular complexity index is 1390. The first-order valence-electron chi connectivity index (χ1n) is 10.8. The van der Waals surface area contributed by atoms with Crippen LogP contribution in [0.3, 0.4) is 0 Å². The van der Waals surface area contributed by atoms with Gasteiger partial charge in [-0.3, -0.25) is 4.79 Å². The van der Waals surface area contributed by atoms with Gasteiger partial charge in [0.15, 0.2) is 0 Å². The molecule has 164 valence electrons. The fraction of sp³-hybridized carbons (Fsp3) is 0.111. The van der Waals surface area contributed by atoms with Crippen molar-refractivity contribution >= 4 is 28.3 Å². The lowest BCUT2D eigenvalue weighted by atomic mass is 10.1. The normalized spacial score (nSPS) is 11.1. The molecule has 0 fully saturated rings. The third kappa shape index (κ3) is 4.72. The summed E-state index contributed by atoms with van der Waals surface area (Å²) in [7, 11) is 1.65. The molecule has 0 aliphatic heterocycles. The number of imidazole rings is 1. The number of hydrogen-bond acceptors (Lipinski definition) is 4. The molecule has 0 aliphatic rings. The second kappa shape index (κ2) is 9.40. The van der Waals surface area contributed by atoms with Crippen LogP contribution >= 0.6 is 11.3 Å². The number of aromatic amines is 1. The number of thiophene rings is 1.